The van der Waals surface area contributed by atoms with Crippen LogP contribution in [-0.2, 0) is 6.42 Å². The predicted octanol–water partition coefficient (Wildman–Crippen LogP) is 0.637. The highest BCUT2D eigenvalue weighted by Gasteiger charge is 2.20. The molecule has 1 aliphatic heterocycles. The number of aromatic nitrogens is 2. The zero-order valence-electron chi connectivity index (χ0n) is 9.03. The summed E-state index contributed by atoms with van der Waals surface area (Å²) in [6, 6.07) is 0. The number of nitrogens with one attached hydrogen (secondary N) is 1. The summed E-state index contributed by atoms with van der Waals surface area (Å²) in [5.41, 5.74) is -0.379. The minimum Gasteiger partial charge on any atom is -0.362 e. The molecular weight excluding hydrogens is 194 g/mol. The van der Waals surface area contributed by atoms with Gasteiger partial charge < -0.3 is 9.42 Å². The van der Waals surface area contributed by atoms with E-state index >= 15 is 0 Å². The summed E-state index contributed by atoms with van der Waals surface area (Å²) < 4.78 is 4.96. The summed E-state index contributed by atoms with van der Waals surface area (Å²) in [6.07, 6.45) is 3.13. The molecule has 1 fully saturated rings. The Bertz CT molecular complexity index is 350. The maximum Gasteiger partial charge on any atom is 0.377 e. The van der Waals surface area contributed by atoms with Crippen molar-refractivity contribution in [2.24, 2.45) is 5.92 Å². The van der Waals surface area contributed by atoms with E-state index in [1.165, 1.54) is 12.8 Å². The Morgan fingerprint density at radius 2 is 2.27 bits per heavy atom. The molecule has 1 aromatic heterocycles. The highest BCUT2D eigenvalue weighted by atomic mass is 16.5. The lowest BCUT2D eigenvalue weighted by Gasteiger charge is -2.30. The van der Waals surface area contributed by atoms with Gasteiger partial charge in [-0.3, -0.25) is 0 Å². The van der Waals surface area contributed by atoms with Crippen LogP contribution in [0.3, 0.4) is 0 Å². The molecule has 84 valence electrons. The van der Waals surface area contributed by atoms with E-state index in [4.69, 9.17) is 4.52 Å². The monoisotopic (exact) mass is 211 g/mol. The minimum atomic E-state index is -0.379. The Kier molecular flexibility index (Phi) is 3.20. The SMILES string of the molecule is CCN1CCC(Cc2nc(=O)[nH]o2)CC1. The molecule has 1 saturated heterocycles. The van der Waals surface area contributed by atoms with Crippen LogP contribution in [0.4, 0.5) is 0 Å². The molecule has 5 heteroatoms. The van der Waals surface area contributed by atoms with Crippen molar-refractivity contribution in [3.8, 4) is 0 Å². The quantitative estimate of drug-likeness (QED) is 0.797. The van der Waals surface area contributed by atoms with Gasteiger partial charge in [0.05, 0.1) is 0 Å². The van der Waals surface area contributed by atoms with Crippen LogP contribution in [0.15, 0.2) is 9.32 Å². The standard InChI is InChI=1S/C10H17N3O2/c1-2-13-5-3-8(4-6-13)7-9-11-10(14)12-15-9/h8H,2-7H2,1H3,(H,12,14). The number of rotatable bonds is 3. The molecule has 0 spiro atoms. The maximum atomic E-state index is 10.8. The number of H-pyrrole nitrogens is 1. The van der Waals surface area contributed by atoms with E-state index in [1.54, 1.807) is 0 Å². The summed E-state index contributed by atoms with van der Waals surface area (Å²) in [4.78, 5) is 17.0. The molecule has 0 saturated carbocycles. The second kappa shape index (κ2) is 4.61. The summed E-state index contributed by atoms with van der Waals surface area (Å²) in [7, 11) is 0. The first-order valence-corrected chi connectivity index (χ1v) is 5.54. The van der Waals surface area contributed by atoms with E-state index in [0.717, 1.165) is 26.1 Å². The Morgan fingerprint density at radius 3 is 2.80 bits per heavy atom. The second-order valence-corrected chi connectivity index (χ2v) is 4.10. The van der Waals surface area contributed by atoms with E-state index in [1.807, 2.05) is 0 Å². The number of aromatic amines is 1. The summed E-state index contributed by atoms with van der Waals surface area (Å²) in [5.74, 6) is 1.16. The van der Waals surface area contributed by atoms with Gasteiger partial charge in [-0.05, 0) is 38.4 Å². The zero-order chi connectivity index (χ0) is 10.7. The number of hydrogen-bond acceptors (Lipinski definition) is 4. The molecule has 1 aromatic rings. The molecule has 2 rings (SSSR count). The van der Waals surface area contributed by atoms with Gasteiger partial charge in [0.25, 0.3) is 0 Å². The summed E-state index contributed by atoms with van der Waals surface area (Å²) in [6.45, 7) is 5.61. The first-order valence-electron chi connectivity index (χ1n) is 5.54. The van der Waals surface area contributed by atoms with Gasteiger partial charge >= 0.3 is 5.69 Å². The van der Waals surface area contributed by atoms with E-state index in [9.17, 15) is 4.79 Å². The summed E-state index contributed by atoms with van der Waals surface area (Å²) in [5, 5.41) is 2.23. The first kappa shape index (κ1) is 10.4. The van der Waals surface area contributed by atoms with Crippen LogP contribution in [-0.4, -0.2) is 34.7 Å². The van der Waals surface area contributed by atoms with Crippen molar-refractivity contribution >= 4 is 0 Å². The third-order valence-corrected chi connectivity index (χ3v) is 3.10. The molecule has 1 N–H and O–H groups in total. The van der Waals surface area contributed by atoms with Crippen LogP contribution in [0.5, 0.6) is 0 Å². The van der Waals surface area contributed by atoms with Crippen molar-refractivity contribution in [2.45, 2.75) is 26.2 Å². The van der Waals surface area contributed by atoms with Crippen molar-refractivity contribution < 1.29 is 4.52 Å². The number of piperidine rings is 1. The molecule has 0 aromatic carbocycles. The molecule has 0 aliphatic carbocycles. The van der Waals surface area contributed by atoms with Crippen LogP contribution in [0, 0.1) is 5.92 Å². The smallest absolute Gasteiger partial charge is 0.362 e. The van der Waals surface area contributed by atoms with Crippen molar-refractivity contribution in [3.63, 3.8) is 0 Å². The normalized spacial score (nSPS) is 19.5. The molecule has 0 bridgehead atoms. The third kappa shape index (κ3) is 2.68. The second-order valence-electron chi connectivity index (χ2n) is 4.10. The first-order chi connectivity index (χ1) is 7.28. The van der Waals surface area contributed by atoms with Crippen LogP contribution in [0.2, 0.25) is 0 Å². The average Bonchev–Trinajstić information content (AvgIpc) is 2.65. The Balaban J connectivity index is 1.84. The molecule has 0 radical (unpaired) electrons. The molecule has 0 amide bonds. The fraction of sp³-hybridized carbons (Fsp3) is 0.800. The molecule has 5 nitrogen and oxygen atoms in total. The highest BCUT2D eigenvalue weighted by molar-refractivity contribution is 4.82. The van der Waals surface area contributed by atoms with Gasteiger partial charge in [0.15, 0.2) is 0 Å². The highest BCUT2D eigenvalue weighted by Crippen LogP contribution is 2.19. The fourth-order valence-corrected chi connectivity index (χ4v) is 2.10. The van der Waals surface area contributed by atoms with Gasteiger partial charge in [-0.25, -0.2) is 4.79 Å². The Labute approximate surface area is 88.5 Å². The fourth-order valence-electron chi connectivity index (χ4n) is 2.10. The largest absolute Gasteiger partial charge is 0.377 e. The van der Waals surface area contributed by atoms with Crippen molar-refractivity contribution in [3.05, 3.63) is 16.4 Å². The zero-order valence-corrected chi connectivity index (χ0v) is 9.03. The van der Waals surface area contributed by atoms with Gasteiger partial charge in [-0.2, -0.15) is 10.1 Å². The molecule has 1 aliphatic rings. The van der Waals surface area contributed by atoms with Gasteiger partial charge in [0, 0.05) is 6.42 Å². The number of nitrogens with zero attached hydrogens (tertiary/aromatic N) is 2. The van der Waals surface area contributed by atoms with Gasteiger partial charge in [0.1, 0.15) is 0 Å². The van der Waals surface area contributed by atoms with Crippen LogP contribution in [0.25, 0.3) is 0 Å². The topological polar surface area (TPSA) is 62.1 Å². The Hall–Kier alpha value is -1.10. The molecule has 2 heterocycles. The molecule has 0 unspecified atom stereocenters. The van der Waals surface area contributed by atoms with Crippen molar-refractivity contribution in [1.82, 2.24) is 15.0 Å². The average molecular weight is 211 g/mol. The lowest BCUT2D eigenvalue weighted by molar-refractivity contribution is 0.185. The number of likely N-dealkylation sites (tertiary alicyclic amines) is 1. The lowest BCUT2D eigenvalue weighted by Crippen LogP contribution is -2.34. The number of hydrogen-bond donors (Lipinski definition) is 1. The minimum absolute atomic E-state index is 0.379. The van der Waals surface area contributed by atoms with Crippen molar-refractivity contribution in [1.29, 1.82) is 0 Å². The van der Waals surface area contributed by atoms with E-state index in [0.29, 0.717) is 11.8 Å². The molecule has 0 atom stereocenters. The molecular formula is C10H17N3O2. The van der Waals surface area contributed by atoms with Crippen molar-refractivity contribution in [2.75, 3.05) is 19.6 Å². The maximum absolute atomic E-state index is 10.8. The van der Waals surface area contributed by atoms with Gasteiger partial charge in [-0.1, -0.05) is 6.92 Å². The van der Waals surface area contributed by atoms with Crippen LogP contribution in [0.1, 0.15) is 25.7 Å². The summed E-state index contributed by atoms with van der Waals surface area (Å²) >= 11 is 0. The van der Waals surface area contributed by atoms with Crippen LogP contribution >= 0.6 is 0 Å². The molecule has 15 heavy (non-hydrogen) atoms. The van der Waals surface area contributed by atoms with E-state index in [-0.39, 0.29) is 5.69 Å². The van der Waals surface area contributed by atoms with Gasteiger partial charge in [0.2, 0.25) is 5.89 Å². The van der Waals surface area contributed by atoms with E-state index < -0.39 is 0 Å². The third-order valence-electron chi connectivity index (χ3n) is 3.10. The van der Waals surface area contributed by atoms with Gasteiger partial charge in [-0.15, -0.1) is 0 Å². The Morgan fingerprint density at radius 1 is 1.53 bits per heavy atom. The van der Waals surface area contributed by atoms with Crippen LogP contribution < -0.4 is 5.69 Å². The van der Waals surface area contributed by atoms with E-state index in [2.05, 4.69) is 22.0 Å². The lowest BCUT2D eigenvalue weighted by atomic mass is 9.93. The predicted molar refractivity (Wildman–Crippen MR) is 55.7 cm³/mol.